The van der Waals surface area contributed by atoms with Gasteiger partial charge in [0.05, 0.1) is 19.8 Å². The molecule has 0 bridgehead atoms. The van der Waals surface area contributed by atoms with Crippen LogP contribution >= 0.6 is 0 Å². The van der Waals surface area contributed by atoms with Gasteiger partial charge < -0.3 is 14.2 Å². The Labute approximate surface area is 171 Å². The number of ether oxygens (including phenoxy) is 3. The van der Waals surface area contributed by atoms with Gasteiger partial charge in [-0.25, -0.2) is 4.79 Å². The smallest absolute Gasteiger partial charge is 0.338 e. The van der Waals surface area contributed by atoms with E-state index in [0.717, 1.165) is 12.0 Å². The van der Waals surface area contributed by atoms with Gasteiger partial charge >= 0.3 is 5.97 Å². The molecule has 0 N–H and O–H groups in total. The van der Waals surface area contributed by atoms with Gasteiger partial charge in [0.1, 0.15) is 17.3 Å². The van der Waals surface area contributed by atoms with Gasteiger partial charge in [0.15, 0.2) is 11.4 Å². The van der Waals surface area contributed by atoms with Crippen molar-refractivity contribution in [2.24, 2.45) is 11.3 Å². The van der Waals surface area contributed by atoms with Crippen LogP contribution in [0.5, 0.6) is 11.5 Å². The van der Waals surface area contributed by atoms with Gasteiger partial charge in [-0.05, 0) is 30.9 Å². The Balaban J connectivity index is 2.15. The molecule has 29 heavy (non-hydrogen) atoms. The normalized spacial score (nSPS) is 28.0. The molecule has 0 amide bonds. The van der Waals surface area contributed by atoms with Crippen molar-refractivity contribution in [2.45, 2.75) is 64.9 Å². The number of hydrogen-bond donors (Lipinski definition) is 0. The summed E-state index contributed by atoms with van der Waals surface area (Å²) < 4.78 is 16.9. The van der Waals surface area contributed by atoms with Crippen LogP contribution in [0.2, 0.25) is 0 Å². The molecule has 1 aromatic carbocycles. The lowest BCUT2D eigenvalue weighted by Crippen LogP contribution is -2.65. The first-order valence-electron chi connectivity index (χ1n) is 10.3. The highest BCUT2D eigenvalue weighted by Crippen LogP contribution is 2.57. The first kappa shape index (κ1) is 21.3. The zero-order chi connectivity index (χ0) is 21.4. The minimum Gasteiger partial charge on any atom is -0.496 e. The van der Waals surface area contributed by atoms with Crippen LogP contribution in [0, 0.1) is 11.3 Å². The Morgan fingerprint density at radius 1 is 1.28 bits per heavy atom. The number of ketones is 2. The number of benzene rings is 1. The van der Waals surface area contributed by atoms with E-state index in [1.807, 2.05) is 6.92 Å². The molecular weight excluding hydrogens is 372 g/mol. The first-order valence-corrected chi connectivity index (χ1v) is 10.3. The van der Waals surface area contributed by atoms with E-state index < -0.39 is 17.0 Å². The standard InChI is InChI=1S/C23H30O6/c1-6-16(24)9-10-23-20(25)8-7-14(2)22(23,3)13-17-18(27-4)11-15(21(26)28-5)12-19(17)29-23/h11-12,14H,6-10,13H2,1-5H3/t14-,22+,23-/m0/s1. The Kier molecular flexibility index (Phi) is 5.74. The zero-order valence-electron chi connectivity index (χ0n) is 17.9. The van der Waals surface area contributed by atoms with Crippen LogP contribution < -0.4 is 9.47 Å². The highest BCUT2D eigenvalue weighted by atomic mass is 16.5. The van der Waals surface area contributed by atoms with Crippen LogP contribution in [0.15, 0.2) is 12.1 Å². The average Bonchev–Trinajstić information content (AvgIpc) is 2.73. The minimum atomic E-state index is -1.08. The largest absolute Gasteiger partial charge is 0.496 e. The van der Waals surface area contributed by atoms with E-state index in [2.05, 4.69) is 13.8 Å². The highest BCUT2D eigenvalue weighted by Gasteiger charge is 2.62. The van der Waals surface area contributed by atoms with Crippen molar-refractivity contribution in [3.8, 4) is 11.5 Å². The third-order valence-corrected chi connectivity index (χ3v) is 7.05. The average molecular weight is 402 g/mol. The van der Waals surface area contributed by atoms with E-state index in [1.54, 1.807) is 19.2 Å². The molecular formula is C23H30O6. The molecule has 1 aromatic rings. The predicted octanol–water partition coefficient (Wildman–Crippen LogP) is 3.92. The third-order valence-electron chi connectivity index (χ3n) is 7.05. The van der Waals surface area contributed by atoms with Crippen molar-refractivity contribution in [1.29, 1.82) is 0 Å². The molecule has 6 heteroatoms. The molecule has 3 rings (SSSR count). The number of carbonyl (C=O) groups excluding carboxylic acids is 3. The molecule has 1 saturated carbocycles. The zero-order valence-corrected chi connectivity index (χ0v) is 17.9. The fourth-order valence-electron chi connectivity index (χ4n) is 4.90. The van der Waals surface area contributed by atoms with Crippen LogP contribution in [0.3, 0.4) is 0 Å². The lowest BCUT2D eigenvalue weighted by Gasteiger charge is -2.56. The second kappa shape index (κ2) is 7.81. The summed E-state index contributed by atoms with van der Waals surface area (Å²) in [6, 6.07) is 3.28. The van der Waals surface area contributed by atoms with Crippen molar-refractivity contribution in [2.75, 3.05) is 14.2 Å². The topological polar surface area (TPSA) is 78.9 Å². The summed E-state index contributed by atoms with van der Waals surface area (Å²) in [5, 5.41) is 0. The summed E-state index contributed by atoms with van der Waals surface area (Å²) in [4.78, 5) is 37.5. The summed E-state index contributed by atoms with van der Waals surface area (Å²) in [5.41, 5.74) is -0.393. The number of methoxy groups -OCH3 is 2. The number of fused-ring (bicyclic) bond motifs is 2. The fourth-order valence-corrected chi connectivity index (χ4v) is 4.90. The maximum atomic E-state index is 13.3. The van der Waals surface area contributed by atoms with Crippen molar-refractivity contribution in [3.63, 3.8) is 0 Å². The second-order valence-electron chi connectivity index (χ2n) is 8.43. The monoisotopic (exact) mass is 402 g/mol. The quantitative estimate of drug-likeness (QED) is 0.671. The van der Waals surface area contributed by atoms with Gasteiger partial charge in [0.2, 0.25) is 0 Å². The van der Waals surface area contributed by atoms with E-state index in [-0.39, 0.29) is 17.5 Å². The van der Waals surface area contributed by atoms with Gasteiger partial charge in [0.25, 0.3) is 0 Å². The molecule has 6 nitrogen and oxygen atoms in total. The Morgan fingerprint density at radius 2 is 2.00 bits per heavy atom. The number of Topliss-reactive ketones (excluding diaryl/α,β-unsaturated/α-hetero) is 2. The summed E-state index contributed by atoms with van der Waals surface area (Å²) in [6.07, 6.45) is 2.89. The van der Waals surface area contributed by atoms with Crippen molar-refractivity contribution >= 4 is 17.5 Å². The van der Waals surface area contributed by atoms with Crippen molar-refractivity contribution < 1.29 is 28.6 Å². The third kappa shape index (κ3) is 3.32. The van der Waals surface area contributed by atoms with Gasteiger partial charge in [-0.1, -0.05) is 20.8 Å². The Morgan fingerprint density at radius 3 is 2.62 bits per heavy atom. The molecule has 0 unspecified atom stereocenters. The van der Waals surface area contributed by atoms with E-state index >= 15 is 0 Å². The Bertz CT molecular complexity index is 844. The van der Waals surface area contributed by atoms with Gasteiger partial charge in [-0.3, -0.25) is 9.59 Å². The predicted molar refractivity (Wildman–Crippen MR) is 107 cm³/mol. The summed E-state index contributed by atoms with van der Waals surface area (Å²) in [7, 11) is 2.87. The van der Waals surface area contributed by atoms with Gasteiger partial charge in [-0.15, -0.1) is 0 Å². The van der Waals surface area contributed by atoms with Crippen LogP contribution in [0.1, 0.15) is 68.8 Å². The van der Waals surface area contributed by atoms with Crippen molar-refractivity contribution in [1.82, 2.24) is 0 Å². The van der Waals surface area contributed by atoms with E-state index in [4.69, 9.17) is 14.2 Å². The van der Waals surface area contributed by atoms with E-state index in [0.29, 0.717) is 49.2 Å². The highest BCUT2D eigenvalue weighted by molar-refractivity contribution is 5.93. The van der Waals surface area contributed by atoms with Crippen LogP contribution in [-0.2, 0) is 20.7 Å². The molecule has 158 valence electrons. The molecule has 0 aromatic heterocycles. The van der Waals surface area contributed by atoms with Gasteiger partial charge in [0, 0.05) is 36.7 Å². The fraction of sp³-hybridized carbons (Fsp3) is 0.609. The number of carbonyl (C=O) groups is 3. The molecule has 1 heterocycles. The van der Waals surface area contributed by atoms with Crippen LogP contribution in [0.25, 0.3) is 0 Å². The molecule has 1 fully saturated rings. The number of esters is 1. The molecule has 1 aliphatic carbocycles. The lowest BCUT2D eigenvalue weighted by atomic mass is 9.53. The summed E-state index contributed by atoms with van der Waals surface area (Å²) in [5.74, 6) is 0.899. The van der Waals surface area contributed by atoms with Crippen LogP contribution in [0.4, 0.5) is 0 Å². The Hall–Kier alpha value is -2.37. The van der Waals surface area contributed by atoms with E-state index in [1.165, 1.54) is 7.11 Å². The number of hydrogen-bond acceptors (Lipinski definition) is 6. The minimum absolute atomic E-state index is 0.0371. The van der Waals surface area contributed by atoms with Gasteiger partial charge in [-0.2, -0.15) is 0 Å². The molecule has 3 atom stereocenters. The lowest BCUT2D eigenvalue weighted by molar-refractivity contribution is -0.167. The maximum absolute atomic E-state index is 13.3. The van der Waals surface area contributed by atoms with Crippen LogP contribution in [-0.4, -0.2) is 37.4 Å². The first-order chi connectivity index (χ1) is 13.7. The van der Waals surface area contributed by atoms with Crippen molar-refractivity contribution in [3.05, 3.63) is 23.3 Å². The molecule has 1 aliphatic heterocycles. The van der Waals surface area contributed by atoms with E-state index in [9.17, 15) is 14.4 Å². The SMILES string of the molecule is CCC(=O)CC[C@@]12Oc3cc(C(=O)OC)cc(OC)c3C[C@]1(C)[C@@H](C)CCC2=O. The molecule has 0 saturated heterocycles. The number of rotatable bonds is 6. The maximum Gasteiger partial charge on any atom is 0.338 e. The molecule has 0 radical (unpaired) electrons. The summed E-state index contributed by atoms with van der Waals surface area (Å²) >= 11 is 0. The molecule has 0 spiro atoms. The molecule has 2 aliphatic rings. The second-order valence-corrected chi connectivity index (χ2v) is 8.43. The summed E-state index contributed by atoms with van der Waals surface area (Å²) in [6.45, 7) is 6.06.